The number of amides is 1. The Labute approximate surface area is 207 Å². The van der Waals surface area contributed by atoms with Gasteiger partial charge in [0.15, 0.2) is 0 Å². The van der Waals surface area contributed by atoms with Crippen molar-refractivity contribution in [3.05, 3.63) is 97.4 Å². The van der Waals surface area contributed by atoms with Crippen LogP contribution in [0.15, 0.2) is 60.2 Å². The lowest BCUT2D eigenvalue weighted by molar-refractivity contribution is -0.112. The third-order valence-corrected chi connectivity index (χ3v) is 6.21. The first kappa shape index (κ1) is 24.5. The minimum Gasteiger partial charge on any atom is -0.494 e. The maximum atomic E-state index is 14.2. The molecule has 6 heteroatoms. The van der Waals surface area contributed by atoms with Crippen LogP contribution in [0.3, 0.4) is 0 Å². The summed E-state index contributed by atoms with van der Waals surface area (Å²) in [7, 11) is 0. The number of halogens is 2. The fraction of sp³-hybridized carbons (Fsp3) is 0.185. The monoisotopic (exact) mass is 554 g/mol. The van der Waals surface area contributed by atoms with Crippen molar-refractivity contribution in [1.29, 1.82) is 5.26 Å². The van der Waals surface area contributed by atoms with Crippen molar-refractivity contribution in [2.75, 3.05) is 11.9 Å². The van der Waals surface area contributed by atoms with Crippen molar-refractivity contribution in [2.45, 2.75) is 27.2 Å². The van der Waals surface area contributed by atoms with Crippen LogP contribution in [0.25, 0.3) is 6.08 Å². The molecule has 1 amide bonds. The van der Waals surface area contributed by atoms with Gasteiger partial charge in [-0.3, -0.25) is 4.79 Å². The first-order valence-electron chi connectivity index (χ1n) is 10.5. The second-order valence-corrected chi connectivity index (χ2v) is 8.77. The van der Waals surface area contributed by atoms with Gasteiger partial charge in [0, 0.05) is 21.2 Å². The number of carbonyl (C=O) groups excluding carboxylic acids is 1. The molecule has 1 N–H and O–H groups in total. The first-order chi connectivity index (χ1) is 15.8. The van der Waals surface area contributed by atoms with Gasteiger partial charge >= 0.3 is 0 Å². The zero-order chi connectivity index (χ0) is 24.0. The number of benzene rings is 3. The highest BCUT2D eigenvalue weighted by Gasteiger charge is 2.15. The molecule has 3 aromatic carbocycles. The third-order valence-electron chi connectivity index (χ3n) is 5.24. The van der Waals surface area contributed by atoms with E-state index in [1.807, 2.05) is 51.1 Å². The lowest BCUT2D eigenvalue weighted by atomic mass is 10.0. The lowest BCUT2D eigenvalue weighted by Crippen LogP contribution is -2.13. The van der Waals surface area contributed by atoms with E-state index in [-0.39, 0.29) is 11.4 Å². The molecule has 0 bridgehead atoms. The Morgan fingerprint density at radius 3 is 2.58 bits per heavy atom. The molecule has 4 nitrogen and oxygen atoms in total. The van der Waals surface area contributed by atoms with E-state index in [0.717, 1.165) is 20.3 Å². The Bertz CT molecular complexity index is 1260. The Balaban J connectivity index is 1.92. The lowest BCUT2D eigenvalue weighted by Gasteiger charge is -2.14. The summed E-state index contributed by atoms with van der Waals surface area (Å²) in [6.07, 6.45) is 1.91. The van der Waals surface area contributed by atoms with Crippen LogP contribution < -0.4 is 10.1 Å². The number of nitriles is 1. The summed E-state index contributed by atoms with van der Waals surface area (Å²) in [5, 5.41) is 12.4. The molecule has 0 saturated heterocycles. The van der Waals surface area contributed by atoms with Crippen molar-refractivity contribution >= 4 is 40.3 Å². The van der Waals surface area contributed by atoms with Crippen molar-refractivity contribution in [2.24, 2.45) is 0 Å². The average molecular weight is 554 g/mol. The van der Waals surface area contributed by atoms with E-state index in [1.54, 1.807) is 24.3 Å². The summed E-state index contributed by atoms with van der Waals surface area (Å²) in [6, 6.07) is 17.9. The Morgan fingerprint density at radius 1 is 1.15 bits per heavy atom. The number of aryl methyl sites for hydroxylation is 2. The molecule has 0 heterocycles. The molecule has 3 rings (SSSR count). The van der Waals surface area contributed by atoms with Crippen molar-refractivity contribution in [3.8, 4) is 11.8 Å². The Hall–Kier alpha value is -3.18. The van der Waals surface area contributed by atoms with Gasteiger partial charge in [0.05, 0.1) is 6.61 Å². The van der Waals surface area contributed by atoms with Crippen molar-refractivity contribution < 1.29 is 13.9 Å². The maximum absolute atomic E-state index is 14.2. The number of rotatable bonds is 7. The maximum Gasteiger partial charge on any atom is 0.266 e. The number of carbonyl (C=O) groups is 1. The molecule has 0 spiro atoms. The Morgan fingerprint density at radius 2 is 1.91 bits per heavy atom. The van der Waals surface area contributed by atoms with Crippen molar-refractivity contribution in [3.63, 3.8) is 0 Å². The van der Waals surface area contributed by atoms with E-state index >= 15 is 0 Å². The van der Waals surface area contributed by atoms with Gasteiger partial charge in [-0.1, -0.05) is 24.3 Å². The van der Waals surface area contributed by atoms with E-state index < -0.39 is 5.91 Å². The highest BCUT2D eigenvalue weighted by molar-refractivity contribution is 14.1. The van der Waals surface area contributed by atoms with Gasteiger partial charge in [-0.05, 0) is 102 Å². The van der Waals surface area contributed by atoms with E-state index in [2.05, 4.69) is 27.9 Å². The van der Waals surface area contributed by atoms with Gasteiger partial charge in [0.2, 0.25) is 0 Å². The largest absolute Gasteiger partial charge is 0.494 e. The molecule has 0 aliphatic heterocycles. The summed E-state index contributed by atoms with van der Waals surface area (Å²) in [5.41, 5.74) is 4.88. The third kappa shape index (κ3) is 6.20. The highest BCUT2D eigenvalue weighted by atomic mass is 127. The van der Waals surface area contributed by atoms with Gasteiger partial charge in [0.25, 0.3) is 5.91 Å². The van der Waals surface area contributed by atoms with Crippen molar-refractivity contribution in [1.82, 2.24) is 0 Å². The normalized spacial score (nSPS) is 11.1. The van der Waals surface area contributed by atoms with Gasteiger partial charge in [-0.25, -0.2) is 4.39 Å². The Kier molecular flexibility index (Phi) is 8.23. The smallest absolute Gasteiger partial charge is 0.266 e. The van der Waals surface area contributed by atoms with Crippen LogP contribution >= 0.6 is 22.6 Å². The van der Waals surface area contributed by atoms with Gasteiger partial charge in [0.1, 0.15) is 23.2 Å². The number of anilines is 1. The summed E-state index contributed by atoms with van der Waals surface area (Å²) >= 11 is 2.18. The zero-order valence-corrected chi connectivity index (χ0v) is 20.9. The minimum absolute atomic E-state index is 0.0201. The van der Waals surface area contributed by atoms with E-state index in [0.29, 0.717) is 35.6 Å². The molecule has 33 heavy (non-hydrogen) atoms. The zero-order valence-electron chi connectivity index (χ0n) is 18.7. The second-order valence-electron chi connectivity index (χ2n) is 7.60. The van der Waals surface area contributed by atoms with E-state index in [4.69, 9.17) is 4.74 Å². The molecule has 0 unspecified atom stereocenters. The first-order valence-corrected chi connectivity index (χ1v) is 11.6. The van der Waals surface area contributed by atoms with Gasteiger partial charge in [-0.2, -0.15) is 5.26 Å². The van der Waals surface area contributed by atoms with Gasteiger partial charge < -0.3 is 10.1 Å². The van der Waals surface area contributed by atoms with Gasteiger partial charge in [-0.15, -0.1) is 0 Å². The average Bonchev–Trinajstić information content (AvgIpc) is 2.78. The molecule has 0 aliphatic carbocycles. The number of nitrogens with one attached hydrogen (secondary N) is 1. The minimum atomic E-state index is -0.482. The van der Waals surface area contributed by atoms with E-state index in [9.17, 15) is 14.4 Å². The van der Waals surface area contributed by atoms with Crippen LogP contribution in [-0.2, 0) is 11.2 Å². The van der Waals surface area contributed by atoms with Crippen LogP contribution in [0.2, 0.25) is 0 Å². The van der Waals surface area contributed by atoms with Crippen LogP contribution in [0.5, 0.6) is 5.75 Å². The molecule has 0 saturated carbocycles. The number of hydrogen-bond donors (Lipinski definition) is 1. The molecular formula is C27H24FIN2O2. The second kappa shape index (κ2) is 11.1. The molecule has 0 aromatic heterocycles. The summed E-state index contributed by atoms with van der Waals surface area (Å²) in [4.78, 5) is 12.7. The standard InChI is InChI=1S/C27H24FIN2O2/c1-4-33-26-14-19(13-25(29)23(26)15-20-7-5-6-8-24(20)28)12-21(16-30)27(32)31-22-10-9-17(2)18(3)11-22/h5-14H,4,15H2,1-3H3,(H,31,32)/b21-12+. The van der Waals surface area contributed by atoms with Crippen LogP contribution in [0.1, 0.15) is 34.7 Å². The fourth-order valence-corrected chi connectivity index (χ4v) is 4.15. The molecule has 0 fully saturated rings. The molecule has 3 aromatic rings. The molecule has 0 aliphatic rings. The summed E-state index contributed by atoms with van der Waals surface area (Å²) < 4.78 is 20.9. The quantitative estimate of drug-likeness (QED) is 0.204. The summed E-state index contributed by atoms with van der Waals surface area (Å²) in [6.45, 7) is 6.27. The van der Waals surface area contributed by atoms with Crippen LogP contribution in [-0.4, -0.2) is 12.5 Å². The molecule has 0 radical (unpaired) electrons. The number of ether oxygens (including phenoxy) is 1. The number of hydrogen-bond acceptors (Lipinski definition) is 3. The fourth-order valence-electron chi connectivity index (χ4n) is 3.34. The molecule has 0 atom stereocenters. The number of nitrogens with zero attached hydrogens (tertiary/aromatic N) is 1. The predicted molar refractivity (Wildman–Crippen MR) is 138 cm³/mol. The molecular weight excluding hydrogens is 530 g/mol. The summed E-state index contributed by atoms with van der Waals surface area (Å²) in [5.74, 6) is -0.149. The topological polar surface area (TPSA) is 62.1 Å². The predicted octanol–water partition coefficient (Wildman–Crippen LogP) is 6.58. The van der Waals surface area contributed by atoms with Crippen LogP contribution in [0.4, 0.5) is 10.1 Å². The van der Waals surface area contributed by atoms with E-state index in [1.165, 1.54) is 12.1 Å². The molecule has 168 valence electrons. The SMILES string of the molecule is CCOc1cc(/C=C(\C#N)C(=O)Nc2ccc(C)c(C)c2)cc(I)c1Cc1ccccc1F. The highest BCUT2D eigenvalue weighted by Crippen LogP contribution is 2.30. The van der Waals surface area contributed by atoms with Crippen LogP contribution in [0, 0.1) is 34.6 Å².